The van der Waals surface area contributed by atoms with Crippen LogP contribution < -0.4 is 5.32 Å². The summed E-state index contributed by atoms with van der Waals surface area (Å²) in [6.45, 7) is -1.02. The maximum atomic E-state index is 12.9. The highest BCUT2D eigenvalue weighted by molar-refractivity contribution is 7.91. The second-order valence-corrected chi connectivity index (χ2v) is 7.68. The maximum absolute atomic E-state index is 12.9. The number of carbonyl (C=O) groups excluding carboxylic acids is 1. The SMILES string of the molecule is CS(=N)(=O)c1ccc(C(O)C(CF)NC(=O)C(Cl)Cl)cc1. The van der Waals surface area contributed by atoms with Crippen LogP contribution in [-0.2, 0) is 14.5 Å². The maximum Gasteiger partial charge on any atom is 0.253 e. The van der Waals surface area contributed by atoms with E-state index in [4.69, 9.17) is 28.0 Å². The number of aliphatic hydroxyl groups is 1. The van der Waals surface area contributed by atoms with Crippen LogP contribution in [0.3, 0.4) is 0 Å². The van der Waals surface area contributed by atoms with Gasteiger partial charge in [0.15, 0.2) is 4.84 Å². The fourth-order valence-corrected chi connectivity index (χ4v) is 2.39. The molecule has 1 aromatic carbocycles. The highest BCUT2D eigenvalue weighted by Crippen LogP contribution is 2.20. The van der Waals surface area contributed by atoms with Crippen LogP contribution in [0.5, 0.6) is 0 Å². The predicted molar refractivity (Wildman–Crippen MR) is 79.9 cm³/mol. The third kappa shape index (κ3) is 5.10. The van der Waals surface area contributed by atoms with Crippen LogP contribution in [0, 0.1) is 4.78 Å². The number of benzene rings is 1. The third-order valence-electron chi connectivity index (χ3n) is 2.74. The molecule has 0 spiro atoms. The van der Waals surface area contributed by atoms with Crippen molar-refractivity contribution < 1.29 is 18.5 Å². The molecule has 0 fully saturated rings. The van der Waals surface area contributed by atoms with Crippen LogP contribution in [0.1, 0.15) is 11.7 Å². The first-order chi connectivity index (χ1) is 9.66. The summed E-state index contributed by atoms with van der Waals surface area (Å²) in [6, 6.07) is 4.47. The van der Waals surface area contributed by atoms with Gasteiger partial charge >= 0.3 is 0 Å². The summed E-state index contributed by atoms with van der Waals surface area (Å²) in [5, 5.41) is 12.2. The van der Waals surface area contributed by atoms with E-state index in [2.05, 4.69) is 5.32 Å². The van der Waals surface area contributed by atoms with Crippen LogP contribution in [0.4, 0.5) is 4.39 Å². The van der Waals surface area contributed by atoms with Crippen LogP contribution in [0.2, 0.25) is 0 Å². The Hall–Kier alpha value is -0.890. The molecule has 1 aromatic rings. The standard InChI is InChI=1S/C12H15Cl2FN2O3S/c1-21(16,20)8-4-2-7(3-5-8)10(18)9(6-15)17-12(19)11(13)14/h2-5,9-11,16,18H,6H2,1H3,(H,17,19). The Bertz CT molecular complexity index is 593. The highest BCUT2D eigenvalue weighted by atomic mass is 35.5. The Morgan fingerprint density at radius 3 is 2.33 bits per heavy atom. The first-order valence-electron chi connectivity index (χ1n) is 5.83. The lowest BCUT2D eigenvalue weighted by Gasteiger charge is -2.22. The van der Waals surface area contributed by atoms with Gasteiger partial charge < -0.3 is 10.4 Å². The molecule has 0 aliphatic carbocycles. The molecule has 0 bridgehead atoms. The second-order valence-electron chi connectivity index (χ2n) is 4.43. The second kappa shape index (κ2) is 7.40. The summed E-state index contributed by atoms with van der Waals surface area (Å²) < 4.78 is 31.9. The van der Waals surface area contributed by atoms with E-state index in [0.29, 0.717) is 10.5 Å². The molecule has 1 amide bonds. The minimum Gasteiger partial charge on any atom is -0.386 e. The number of hydrogen-bond acceptors (Lipinski definition) is 4. The van der Waals surface area contributed by atoms with E-state index in [1.807, 2.05) is 0 Å². The smallest absolute Gasteiger partial charge is 0.253 e. The molecule has 0 aliphatic rings. The Morgan fingerprint density at radius 1 is 1.43 bits per heavy atom. The molecule has 0 heterocycles. The number of halogens is 3. The molecule has 118 valence electrons. The minimum absolute atomic E-state index is 0.292. The first kappa shape index (κ1) is 18.2. The quantitative estimate of drug-likeness (QED) is 0.681. The largest absolute Gasteiger partial charge is 0.386 e. The average Bonchev–Trinajstić information content (AvgIpc) is 2.42. The van der Waals surface area contributed by atoms with Crippen molar-refractivity contribution >= 4 is 38.8 Å². The lowest BCUT2D eigenvalue weighted by molar-refractivity contribution is -0.121. The molecule has 0 saturated carbocycles. The summed E-state index contributed by atoms with van der Waals surface area (Å²) in [4.78, 5) is 10.3. The zero-order valence-electron chi connectivity index (χ0n) is 11.1. The predicted octanol–water partition coefficient (Wildman–Crippen LogP) is 2.01. The van der Waals surface area contributed by atoms with Gasteiger partial charge in [0.1, 0.15) is 12.8 Å². The fraction of sp³-hybridized carbons (Fsp3) is 0.417. The number of amides is 1. The zero-order chi connectivity index (χ0) is 16.2. The van der Waals surface area contributed by atoms with Crippen LogP contribution in [0.25, 0.3) is 0 Å². The molecule has 0 aliphatic heterocycles. The summed E-state index contributed by atoms with van der Waals surface area (Å²) in [5.41, 5.74) is 0.311. The van der Waals surface area contributed by atoms with Gasteiger partial charge in [0.25, 0.3) is 5.91 Å². The normalized spacial score (nSPS) is 17.0. The molecular weight excluding hydrogens is 342 g/mol. The summed E-state index contributed by atoms with van der Waals surface area (Å²) in [5.74, 6) is -0.806. The van der Waals surface area contributed by atoms with E-state index in [9.17, 15) is 18.5 Å². The van der Waals surface area contributed by atoms with E-state index in [1.54, 1.807) is 0 Å². The topological polar surface area (TPSA) is 90.2 Å². The Labute approximate surface area is 132 Å². The number of alkyl halides is 3. The lowest BCUT2D eigenvalue weighted by atomic mass is 10.0. The molecule has 1 rings (SSSR count). The van der Waals surface area contributed by atoms with Gasteiger partial charge in [-0.05, 0) is 17.7 Å². The molecule has 9 heteroatoms. The monoisotopic (exact) mass is 356 g/mol. The van der Waals surface area contributed by atoms with E-state index in [1.165, 1.54) is 30.5 Å². The number of aliphatic hydroxyl groups excluding tert-OH is 1. The van der Waals surface area contributed by atoms with Crippen molar-refractivity contribution in [2.24, 2.45) is 0 Å². The highest BCUT2D eigenvalue weighted by Gasteiger charge is 2.25. The van der Waals surface area contributed by atoms with Crippen molar-refractivity contribution in [3.8, 4) is 0 Å². The number of nitrogens with one attached hydrogen (secondary N) is 2. The summed E-state index contributed by atoms with van der Waals surface area (Å²) in [7, 11) is -2.86. The fourth-order valence-electron chi connectivity index (χ4n) is 1.60. The Morgan fingerprint density at radius 2 is 1.95 bits per heavy atom. The van der Waals surface area contributed by atoms with E-state index < -0.39 is 39.3 Å². The molecule has 0 aromatic heterocycles. The molecule has 5 nitrogen and oxygen atoms in total. The molecule has 0 saturated heterocycles. The van der Waals surface area contributed by atoms with Gasteiger partial charge in [-0.2, -0.15) is 0 Å². The molecule has 3 N–H and O–H groups in total. The number of carbonyl (C=O) groups is 1. The lowest BCUT2D eigenvalue weighted by Crippen LogP contribution is -2.43. The van der Waals surface area contributed by atoms with Crippen molar-refractivity contribution in [3.63, 3.8) is 0 Å². The summed E-state index contributed by atoms with van der Waals surface area (Å²) >= 11 is 10.7. The summed E-state index contributed by atoms with van der Waals surface area (Å²) in [6.07, 6.45) is -0.0527. The van der Waals surface area contributed by atoms with Crippen molar-refractivity contribution in [1.82, 2.24) is 5.32 Å². The van der Waals surface area contributed by atoms with Crippen molar-refractivity contribution in [3.05, 3.63) is 29.8 Å². The average molecular weight is 357 g/mol. The van der Waals surface area contributed by atoms with E-state index in [-0.39, 0.29) is 0 Å². The molecule has 0 radical (unpaired) electrons. The van der Waals surface area contributed by atoms with Gasteiger partial charge in [0.2, 0.25) is 0 Å². The van der Waals surface area contributed by atoms with Crippen molar-refractivity contribution in [2.45, 2.75) is 21.9 Å². The minimum atomic E-state index is -2.86. The Kier molecular flexibility index (Phi) is 6.40. The van der Waals surface area contributed by atoms with E-state index in [0.717, 1.165) is 0 Å². The first-order valence-corrected chi connectivity index (χ1v) is 8.67. The number of rotatable bonds is 6. The van der Waals surface area contributed by atoms with Gasteiger partial charge in [-0.3, -0.25) is 4.79 Å². The van der Waals surface area contributed by atoms with Crippen LogP contribution in [-0.4, -0.2) is 39.0 Å². The van der Waals surface area contributed by atoms with Crippen molar-refractivity contribution in [2.75, 3.05) is 12.9 Å². The number of hydrogen-bond donors (Lipinski definition) is 3. The van der Waals surface area contributed by atoms with Crippen LogP contribution >= 0.6 is 23.2 Å². The van der Waals surface area contributed by atoms with Crippen LogP contribution in [0.15, 0.2) is 29.2 Å². The van der Waals surface area contributed by atoms with Gasteiger partial charge in [-0.25, -0.2) is 13.4 Å². The van der Waals surface area contributed by atoms with Gasteiger partial charge in [-0.15, -0.1) is 0 Å². The van der Waals surface area contributed by atoms with E-state index >= 15 is 0 Å². The molecule has 21 heavy (non-hydrogen) atoms. The Balaban J connectivity index is 2.90. The van der Waals surface area contributed by atoms with Crippen molar-refractivity contribution in [1.29, 1.82) is 4.78 Å². The molecule has 3 unspecified atom stereocenters. The van der Waals surface area contributed by atoms with Gasteiger partial charge in [0.05, 0.1) is 15.8 Å². The molecular formula is C12H15Cl2FN2O3S. The van der Waals surface area contributed by atoms with Gasteiger partial charge in [0, 0.05) is 11.2 Å². The third-order valence-corrected chi connectivity index (χ3v) is 4.31. The van der Waals surface area contributed by atoms with Gasteiger partial charge in [-0.1, -0.05) is 35.3 Å². The zero-order valence-corrected chi connectivity index (χ0v) is 13.4. The molecule has 3 atom stereocenters.